The number of halogens is 3. The van der Waals surface area contributed by atoms with E-state index in [-0.39, 0.29) is 22.5 Å². The lowest BCUT2D eigenvalue weighted by molar-refractivity contribution is -0.137. The number of benzene rings is 1. The van der Waals surface area contributed by atoms with E-state index < -0.39 is 23.7 Å². The second-order valence-electron chi connectivity index (χ2n) is 5.15. The highest BCUT2D eigenvalue weighted by Gasteiger charge is 2.31. The predicted octanol–water partition coefficient (Wildman–Crippen LogP) is 3.08. The van der Waals surface area contributed by atoms with E-state index in [1.165, 1.54) is 16.7 Å². The van der Waals surface area contributed by atoms with Gasteiger partial charge < -0.3 is 11.1 Å². The molecule has 7 nitrogen and oxygen atoms in total. The van der Waals surface area contributed by atoms with Crippen LogP contribution in [-0.2, 0) is 11.0 Å². The zero-order valence-corrected chi connectivity index (χ0v) is 14.4. The number of hydrogen-bond acceptors (Lipinski definition) is 6. The lowest BCUT2D eigenvalue weighted by Crippen LogP contribution is -2.27. The van der Waals surface area contributed by atoms with E-state index in [1.807, 2.05) is 6.07 Å². The maximum Gasteiger partial charge on any atom is 0.416 e. The van der Waals surface area contributed by atoms with Crippen LogP contribution in [0.1, 0.15) is 24.9 Å². The summed E-state index contributed by atoms with van der Waals surface area (Å²) in [6, 6.07) is 5.44. The van der Waals surface area contributed by atoms with Gasteiger partial charge in [-0.15, -0.1) is 10.2 Å². The van der Waals surface area contributed by atoms with Crippen molar-refractivity contribution in [1.82, 2.24) is 14.8 Å². The van der Waals surface area contributed by atoms with Gasteiger partial charge in [-0.25, -0.2) is 0 Å². The molecular formula is C15H15F3N6OS. The van der Waals surface area contributed by atoms with Gasteiger partial charge in [0.25, 0.3) is 0 Å². The van der Waals surface area contributed by atoms with Gasteiger partial charge in [0, 0.05) is 5.69 Å². The molecule has 1 atom stereocenters. The fourth-order valence-corrected chi connectivity index (χ4v) is 2.91. The van der Waals surface area contributed by atoms with Crippen LogP contribution in [0.4, 0.5) is 24.8 Å². The van der Waals surface area contributed by atoms with Crippen molar-refractivity contribution in [3.63, 3.8) is 0 Å². The van der Waals surface area contributed by atoms with Gasteiger partial charge in [0.05, 0.1) is 17.4 Å². The van der Waals surface area contributed by atoms with Crippen molar-refractivity contribution >= 4 is 29.3 Å². The molecule has 0 aliphatic rings. The molecule has 1 amide bonds. The minimum absolute atomic E-state index is 0.0150. The van der Waals surface area contributed by atoms with Crippen LogP contribution in [-0.4, -0.2) is 26.4 Å². The standard InChI is InChI=1S/C15H15F3N6OS/c1-2-11(24-13(20)22-23-14(24)26-7-6-19)12(25)21-10-5-3-4-9(8-10)15(16,17)18/h3-5,8,11H,2,7H2,1H3,(H2,20,22)(H,21,25). The maximum absolute atomic E-state index is 12.8. The molecule has 1 aromatic heterocycles. The summed E-state index contributed by atoms with van der Waals surface area (Å²) in [6.07, 6.45) is -4.21. The second-order valence-corrected chi connectivity index (χ2v) is 6.09. The molecule has 0 spiro atoms. The first kappa shape index (κ1) is 19.6. The topological polar surface area (TPSA) is 110 Å². The van der Waals surface area contributed by atoms with Crippen molar-refractivity contribution in [2.45, 2.75) is 30.7 Å². The summed E-state index contributed by atoms with van der Waals surface area (Å²) >= 11 is 1.06. The number of nitrogens with one attached hydrogen (secondary N) is 1. The normalized spacial score (nSPS) is 12.4. The van der Waals surface area contributed by atoms with Crippen LogP contribution in [0.5, 0.6) is 0 Å². The molecule has 0 saturated carbocycles. The van der Waals surface area contributed by atoms with E-state index in [4.69, 9.17) is 11.0 Å². The maximum atomic E-state index is 12.8. The van der Waals surface area contributed by atoms with Crippen LogP contribution in [0.3, 0.4) is 0 Å². The van der Waals surface area contributed by atoms with Crippen molar-refractivity contribution in [1.29, 1.82) is 5.26 Å². The van der Waals surface area contributed by atoms with Crippen LogP contribution >= 0.6 is 11.8 Å². The molecular weight excluding hydrogens is 369 g/mol. The third-order valence-corrected chi connectivity index (χ3v) is 4.23. The summed E-state index contributed by atoms with van der Waals surface area (Å²) in [6.45, 7) is 1.72. The van der Waals surface area contributed by atoms with E-state index in [0.29, 0.717) is 6.42 Å². The van der Waals surface area contributed by atoms with Crippen LogP contribution in [0.2, 0.25) is 0 Å². The third kappa shape index (κ3) is 4.45. The number of carbonyl (C=O) groups excluding carboxylic acids is 1. The molecule has 2 rings (SSSR count). The van der Waals surface area contributed by atoms with E-state index in [2.05, 4.69) is 15.5 Å². The van der Waals surface area contributed by atoms with Gasteiger partial charge in [-0.05, 0) is 24.6 Å². The number of rotatable bonds is 6. The van der Waals surface area contributed by atoms with Gasteiger partial charge in [0.1, 0.15) is 6.04 Å². The smallest absolute Gasteiger partial charge is 0.368 e. The SMILES string of the molecule is CCC(C(=O)Nc1cccc(C(F)(F)F)c1)n1c(N)nnc1SCC#N. The number of nitrogens with two attached hydrogens (primary N) is 1. The van der Waals surface area contributed by atoms with Gasteiger partial charge >= 0.3 is 6.18 Å². The fourth-order valence-electron chi connectivity index (χ4n) is 2.26. The zero-order valence-electron chi connectivity index (χ0n) is 13.6. The highest BCUT2D eigenvalue weighted by Crippen LogP contribution is 2.31. The number of nitrogens with zero attached hydrogens (tertiary/aromatic N) is 4. The van der Waals surface area contributed by atoms with Gasteiger partial charge in [-0.1, -0.05) is 24.8 Å². The average molecular weight is 384 g/mol. The van der Waals surface area contributed by atoms with E-state index in [9.17, 15) is 18.0 Å². The number of thioether (sulfide) groups is 1. The first-order valence-corrected chi connectivity index (χ1v) is 8.44. The Labute approximate surface area is 151 Å². The Morgan fingerprint density at radius 2 is 2.19 bits per heavy atom. The molecule has 0 aliphatic heterocycles. The Kier molecular flexibility index (Phi) is 6.10. The largest absolute Gasteiger partial charge is 0.416 e. The molecule has 0 fully saturated rings. The van der Waals surface area contributed by atoms with Crippen molar-refractivity contribution < 1.29 is 18.0 Å². The van der Waals surface area contributed by atoms with Gasteiger partial charge in [-0.2, -0.15) is 18.4 Å². The highest BCUT2D eigenvalue weighted by molar-refractivity contribution is 7.99. The molecule has 2 aromatic rings. The Balaban J connectivity index is 2.25. The molecule has 0 radical (unpaired) electrons. The second kappa shape index (κ2) is 8.09. The molecule has 11 heteroatoms. The monoisotopic (exact) mass is 384 g/mol. The lowest BCUT2D eigenvalue weighted by Gasteiger charge is -2.19. The first-order chi connectivity index (χ1) is 12.3. The molecule has 3 N–H and O–H groups in total. The van der Waals surface area contributed by atoms with Crippen molar-refractivity contribution in [3.8, 4) is 6.07 Å². The van der Waals surface area contributed by atoms with Gasteiger partial charge in [-0.3, -0.25) is 9.36 Å². The third-order valence-electron chi connectivity index (χ3n) is 3.42. The first-order valence-electron chi connectivity index (χ1n) is 7.46. The summed E-state index contributed by atoms with van der Waals surface area (Å²) in [4.78, 5) is 12.6. The summed E-state index contributed by atoms with van der Waals surface area (Å²) < 4.78 is 39.8. The average Bonchev–Trinajstić information content (AvgIpc) is 2.94. The van der Waals surface area contributed by atoms with Gasteiger partial charge in [0.15, 0.2) is 5.16 Å². The molecule has 0 saturated heterocycles. The molecule has 138 valence electrons. The fraction of sp³-hybridized carbons (Fsp3) is 0.333. The van der Waals surface area contributed by atoms with Crippen LogP contribution in [0, 0.1) is 11.3 Å². The quantitative estimate of drug-likeness (QED) is 0.741. The number of aromatic nitrogens is 3. The zero-order chi connectivity index (χ0) is 19.3. The summed E-state index contributed by atoms with van der Waals surface area (Å²) in [5.74, 6) is -0.488. The van der Waals surface area contributed by atoms with E-state index in [1.54, 1.807) is 6.92 Å². The lowest BCUT2D eigenvalue weighted by atomic mass is 10.1. The number of amides is 1. The minimum atomic E-state index is -4.51. The number of anilines is 2. The van der Waals surface area contributed by atoms with E-state index >= 15 is 0 Å². The summed E-state index contributed by atoms with van der Waals surface area (Å²) in [5, 5.41) is 19.0. The molecule has 0 bridgehead atoms. The molecule has 0 aliphatic carbocycles. The number of nitriles is 1. The molecule has 26 heavy (non-hydrogen) atoms. The highest BCUT2D eigenvalue weighted by atomic mass is 32.2. The van der Waals surface area contributed by atoms with Crippen LogP contribution in [0.15, 0.2) is 29.4 Å². The minimum Gasteiger partial charge on any atom is -0.368 e. The Morgan fingerprint density at radius 1 is 1.46 bits per heavy atom. The Bertz CT molecular complexity index is 830. The summed E-state index contributed by atoms with van der Waals surface area (Å²) in [7, 11) is 0. The molecule has 1 unspecified atom stereocenters. The number of alkyl halides is 3. The van der Waals surface area contributed by atoms with Crippen LogP contribution < -0.4 is 11.1 Å². The van der Waals surface area contributed by atoms with Crippen molar-refractivity contribution in [3.05, 3.63) is 29.8 Å². The summed E-state index contributed by atoms with van der Waals surface area (Å²) in [5.41, 5.74) is 4.92. The molecule has 1 heterocycles. The van der Waals surface area contributed by atoms with Crippen molar-refractivity contribution in [2.75, 3.05) is 16.8 Å². The van der Waals surface area contributed by atoms with Gasteiger partial charge in [0.2, 0.25) is 11.9 Å². The number of nitrogen functional groups attached to an aromatic ring is 1. The van der Waals surface area contributed by atoms with E-state index in [0.717, 1.165) is 23.9 Å². The Morgan fingerprint density at radius 3 is 2.81 bits per heavy atom. The Hall–Kier alpha value is -2.74. The van der Waals surface area contributed by atoms with Crippen molar-refractivity contribution in [2.24, 2.45) is 0 Å². The number of hydrogen-bond donors (Lipinski definition) is 2. The van der Waals surface area contributed by atoms with Crippen LogP contribution in [0.25, 0.3) is 0 Å². The number of carbonyl (C=O) groups is 1. The predicted molar refractivity (Wildman–Crippen MR) is 90.2 cm³/mol. The molecule has 1 aromatic carbocycles.